The molecule has 5 aliphatic heterocycles. The molecule has 1 spiro atoms. The van der Waals surface area contributed by atoms with E-state index in [-0.39, 0.29) is 17.8 Å². The third-order valence-electron chi connectivity index (χ3n) is 8.52. The number of anilines is 1. The molecule has 2 aromatic carbocycles. The summed E-state index contributed by atoms with van der Waals surface area (Å²) in [5, 5.41) is 0. The molecule has 2 saturated heterocycles. The summed E-state index contributed by atoms with van der Waals surface area (Å²) < 4.78 is 23.1. The van der Waals surface area contributed by atoms with Gasteiger partial charge in [0.2, 0.25) is 6.79 Å². The summed E-state index contributed by atoms with van der Waals surface area (Å²) in [4.78, 5) is 5.36. The first-order valence-corrected chi connectivity index (χ1v) is 12.5. The summed E-state index contributed by atoms with van der Waals surface area (Å²) >= 11 is 0. The zero-order valence-corrected chi connectivity index (χ0v) is 20.4. The molecule has 1 atom stereocenters. The monoisotopic (exact) mass is 484 g/mol. The SMILES string of the molecule is Cl.c1ccc2c(c1)N(CC1CCN(C3CCOCC3)CC1)CC21COc2cc3c(cc21)OCO3. The minimum atomic E-state index is -0.129. The van der Waals surface area contributed by atoms with Crippen LogP contribution in [0, 0.1) is 5.92 Å². The molecule has 0 bridgehead atoms. The van der Waals surface area contributed by atoms with Crippen LogP contribution < -0.4 is 19.1 Å². The molecule has 6 nitrogen and oxygen atoms in total. The fourth-order valence-corrected chi connectivity index (χ4v) is 6.72. The normalized spacial score (nSPS) is 26.3. The van der Waals surface area contributed by atoms with Crippen molar-refractivity contribution in [3.05, 3.63) is 47.5 Å². The van der Waals surface area contributed by atoms with E-state index >= 15 is 0 Å². The second-order valence-electron chi connectivity index (χ2n) is 10.3. The lowest BCUT2D eigenvalue weighted by Gasteiger charge is -2.40. The summed E-state index contributed by atoms with van der Waals surface area (Å²) in [6.07, 6.45) is 4.97. The van der Waals surface area contributed by atoms with Crippen molar-refractivity contribution in [2.45, 2.75) is 37.1 Å². The van der Waals surface area contributed by atoms with Crippen molar-refractivity contribution >= 4 is 18.1 Å². The molecule has 0 radical (unpaired) electrons. The number of ether oxygens (including phenoxy) is 4. The van der Waals surface area contributed by atoms with E-state index in [1.54, 1.807) is 0 Å². The van der Waals surface area contributed by atoms with Gasteiger partial charge in [-0.25, -0.2) is 0 Å². The first kappa shape index (κ1) is 22.3. The van der Waals surface area contributed by atoms with E-state index in [4.69, 9.17) is 18.9 Å². The Morgan fingerprint density at radius 2 is 1.62 bits per heavy atom. The number of nitrogens with zero attached hydrogens (tertiary/aromatic N) is 2. The Hall–Kier alpha value is -2.15. The summed E-state index contributed by atoms with van der Waals surface area (Å²) in [6, 6.07) is 13.9. The Morgan fingerprint density at radius 3 is 2.44 bits per heavy atom. The highest BCUT2D eigenvalue weighted by Gasteiger charge is 2.50. The van der Waals surface area contributed by atoms with Gasteiger partial charge in [-0.2, -0.15) is 0 Å². The predicted molar refractivity (Wildman–Crippen MR) is 133 cm³/mol. The van der Waals surface area contributed by atoms with Crippen molar-refractivity contribution in [3.8, 4) is 17.2 Å². The van der Waals surface area contributed by atoms with E-state index in [1.807, 2.05) is 6.07 Å². The van der Waals surface area contributed by atoms with Gasteiger partial charge in [0, 0.05) is 49.7 Å². The van der Waals surface area contributed by atoms with Crippen molar-refractivity contribution in [1.29, 1.82) is 0 Å². The number of para-hydroxylation sites is 1. The summed E-state index contributed by atoms with van der Waals surface area (Å²) in [6.45, 7) is 7.39. The van der Waals surface area contributed by atoms with Gasteiger partial charge in [-0.3, -0.25) is 0 Å². The van der Waals surface area contributed by atoms with Gasteiger partial charge in [-0.05, 0) is 62.4 Å². The van der Waals surface area contributed by atoms with Gasteiger partial charge in [0.05, 0.1) is 5.41 Å². The maximum absolute atomic E-state index is 6.26. The van der Waals surface area contributed by atoms with E-state index in [9.17, 15) is 0 Å². The van der Waals surface area contributed by atoms with Gasteiger partial charge in [-0.1, -0.05) is 18.2 Å². The van der Waals surface area contributed by atoms with Crippen LogP contribution in [0.2, 0.25) is 0 Å². The fraction of sp³-hybridized carbons (Fsp3) is 0.556. The van der Waals surface area contributed by atoms with Crippen molar-refractivity contribution in [2.75, 3.05) is 57.7 Å². The lowest BCUT2D eigenvalue weighted by Crippen LogP contribution is -2.46. The van der Waals surface area contributed by atoms with Crippen molar-refractivity contribution in [3.63, 3.8) is 0 Å². The van der Waals surface area contributed by atoms with Gasteiger partial charge in [-0.15, -0.1) is 12.4 Å². The van der Waals surface area contributed by atoms with Crippen molar-refractivity contribution in [2.24, 2.45) is 5.92 Å². The molecule has 0 aliphatic carbocycles. The Morgan fingerprint density at radius 1 is 0.853 bits per heavy atom. The maximum Gasteiger partial charge on any atom is 0.231 e. The highest BCUT2D eigenvalue weighted by Crippen LogP contribution is 2.54. The molecule has 7 heteroatoms. The van der Waals surface area contributed by atoms with E-state index in [0.29, 0.717) is 13.4 Å². The van der Waals surface area contributed by atoms with E-state index < -0.39 is 0 Å². The van der Waals surface area contributed by atoms with Crippen molar-refractivity contribution < 1.29 is 18.9 Å². The lowest BCUT2D eigenvalue weighted by atomic mass is 9.77. The molecule has 5 heterocycles. The van der Waals surface area contributed by atoms with Gasteiger partial charge in [0.1, 0.15) is 12.4 Å². The fourth-order valence-electron chi connectivity index (χ4n) is 6.72. The molecule has 0 aromatic heterocycles. The number of benzene rings is 2. The Kier molecular flexibility index (Phi) is 5.79. The van der Waals surface area contributed by atoms with Gasteiger partial charge < -0.3 is 28.7 Å². The Labute approximate surface area is 207 Å². The van der Waals surface area contributed by atoms with E-state index in [1.165, 1.54) is 55.6 Å². The standard InChI is InChI=1S/C27H32N2O4.ClH/c1-2-4-23-21(3-1)27(17-31-24-14-26-25(13-22(24)27)32-18-33-26)16-29(23)15-19-5-9-28(10-6-19)20-7-11-30-12-8-20;/h1-4,13-14,19-20H,5-12,15-18H2;1H. The number of halogens is 1. The highest BCUT2D eigenvalue weighted by atomic mass is 35.5. The molecule has 0 saturated carbocycles. The van der Waals surface area contributed by atoms with Crippen LogP contribution >= 0.6 is 12.4 Å². The molecular formula is C27H33ClN2O4. The minimum absolute atomic E-state index is 0. The second-order valence-corrected chi connectivity index (χ2v) is 10.3. The molecule has 34 heavy (non-hydrogen) atoms. The smallest absolute Gasteiger partial charge is 0.231 e. The third-order valence-corrected chi connectivity index (χ3v) is 8.52. The molecule has 7 rings (SSSR count). The molecule has 5 aliphatic rings. The van der Waals surface area contributed by atoms with Crippen LogP contribution in [0.25, 0.3) is 0 Å². The van der Waals surface area contributed by atoms with Crippen LogP contribution in [0.15, 0.2) is 36.4 Å². The highest BCUT2D eigenvalue weighted by molar-refractivity contribution is 5.85. The quantitative estimate of drug-likeness (QED) is 0.649. The summed E-state index contributed by atoms with van der Waals surface area (Å²) in [7, 11) is 0. The average Bonchev–Trinajstić information content (AvgIpc) is 3.56. The molecule has 0 N–H and O–H groups in total. The Bertz CT molecular complexity index is 1050. The number of likely N-dealkylation sites (tertiary alicyclic amines) is 1. The van der Waals surface area contributed by atoms with Gasteiger partial charge in [0.15, 0.2) is 11.5 Å². The van der Waals surface area contributed by atoms with Gasteiger partial charge in [0.25, 0.3) is 0 Å². The number of fused-ring (bicyclic) bond motifs is 5. The molecule has 182 valence electrons. The van der Waals surface area contributed by atoms with Crippen LogP contribution in [0.3, 0.4) is 0 Å². The predicted octanol–water partition coefficient (Wildman–Crippen LogP) is 4.23. The van der Waals surface area contributed by atoms with Gasteiger partial charge >= 0.3 is 0 Å². The molecule has 1 unspecified atom stereocenters. The summed E-state index contributed by atoms with van der Waals surface area (Å²) in [5.74, 6) is 3.32. The second kappa shape index (κ2) is 8.81. The number of hydrogen-bond donors (Lipinski definition) is 0. The first-order chi connectivity index (χ1) is 16.3. The van der Waals surface area contributed by atoms with Crippen LogP contribution in [0.1, 0.15) is 36.8 Å². The maximum atomic E-state index is 6.26. The Balaban J connectivity index is 0.00000217. The van der Waals surface area contributed by atoms with Crippen LogP contribution in [0.5, 0.6) is 17.2 Å². The van der Waals surface area contributed by atoms with Crippen LogP contribution in [0.4, 0.5) is 5.69 Å². The van der Waals surface area contributed by atoms with E-state index in [2.05, 4.69) is 40.1 Å². The zero-order chi connectivity index (χ0) is 21.8. The molecule has 2 fully saturated rings. The van der Waals surface area contributed by atoms with Crippen LogP contribution in [-0.4, -0.2) is 63.7 Å². The average molecular weight is 485 g/mol. The number of rotatable bonds is 3. The first-order valence-electron chi connectivity index (χ1n) is 12.5. The van der Waals surface area contributed by atoms with E-state index in [0.717, 1.165) is 55.5 Å². The number of hydrogen-bond acceptors (Lipinski definition) is 6. The molecule has 0 amide bonds. The minimum Gasteiger partial charge on any atom is -0.492 e. The molecular weight excluding hydrogens is 452 g/mol. The summed E-state index contributed by atoms with van der Waals surface area (Å²) in [5.41, 5.74) is 3.88. The molecule has 2 aromatic rings. The van der Waals surface area contributed by atoms with Crippen molar-refractivity contribution in [1.82, 2.24) is 4.90 Å². The zero-order valence-electron chi connectivity index (χ0n) is 19.5. The largest absolute Gasteiger partial charge is 0.492 e. The topological polar surface area (TPSA) is 43.4 Å². The third kappa shape index (κ3) is 3.53. The number of piperidine rings is 1. The lowest BCUT2D eigenvalue weighted by molar-refractivity contribution is 0.0215. The van der Waals surface area contributed by atoms with Crippen LogP contribution in [-0.2, 0) is 10.2 Å².